The van der Waals surface area contributed by atoms with Crippen molar-refractivity contribution in [1.29, 1.82) is 0 Å². The van der Waals surface area contributed by atoms with Crippen LogP contribution < -0.4 is 16.0 Å². The van der Waals surface area contributed by atoms with Crippen molar-refractivity contribution in [2.24, 2.45) is 5.73 Å². The van der Waals surface area contributed by atoms with E-state index in [2.05, 4.69) is 5.10 Å². The molecule has 2 rings (SSSR count). The predicted molar refractivity (Wildman–Crippen MR) is 84.1 cm³/mol. The number of aryl methyl sites for hydroxylation is 1. The second-order valence-corrected chi connectivity index (χ2v) is 5.04. The fourth-order valence-electron chi connectivity index (χ4n) is 2.22. The third-order valence-corrected chi connectivity index (χ3v) is 3.43. The van der Waals surface area contributed by atoms with E-state index in [0.29, 0.717) is 24.6 Å². The highest BCUT2D eigenvalue weighted by atomic mass is 16.5. The van der Waals surface area contributed by atoms with E-state index in [4.69, 9.17) is 15.2 Å². The smallest absolute Gasteiger partial charge is 0.266 e. The fourth-order valence-corrected chi connectivity index (χ4v) is 2.22. The number of nitrogens with two attached hydrogens (primary N) is 1. The van der Waals surface area contributed by atoms with E-state index < -0.39 is 6.04 Å². The minimum absolute atomic E-state index is 0.177. The van der Waals surface area contributed by atoms with Gasteiger partial charge in [0.05, 0.1) is 32.0 Å². The van der Waals surface area contributed by atoms with Gasteiger partial charge in [-0.15, -0.1) is 0 Å². The monoisotopic (exact) mass is 303 g/mol. The Bertz CT molecular complexity index is 697. The highest BCUT2D eigenvalue weighted by Crippen LogP contribution is 2.27. The first-order valence-corrected chi connectivity index (χ1v) is 7.04. The Hall–Kier alpha value is -2.18. The zero-order valence-corrected chi connectivity index (χ0v) is 13.1. The molecule has 1 atom stereocenters. The Labute approximate surface area is 129 Å². The molecule has 0 bridgehead atoms. The van der Waals surface area contributed by atoms with Crippen molar-refractivity contribution in [2.75, 3.05) is 20.8 Å². The van der Waals surface area contributed by atoms with Crippen LogP contribution in [0.25, 0.3) is 0 Å². The number of benzene rings is 1. The van der Waals surface area contributed by atoms with Crippen LogP contribution >= 0.6 is 0 Å². The molecule has 1 aromatic carbocycles. The lowest BCUT2D eigenvalue weighted by atomic mass is 10.0. The van der Waals surface area contributed by atoms with Crippen LogP contribution in [0.4, 0.5) is 0 Å². The van der Waals surface area contributed by atoms with E-state index in [-0.39, 0.29) is 5.56 Å². The van der Waals surface area contributed by atoms with E-state index in [1.165, 1.54) is 10.7 Å². The number of methoxy groups -OCH3 is 2. The molecule has 1 aromatic heterocycles. The third-order valence-electron chi connectivity index (χ3n) is 3.43. The quantitative estimate of drug-likeness (QED) is 0.869. The van der Waals surface area contributed by atoms with Crippen LogP contribution in [0.3, 0.4) is 0 Å². The number of nitrogens with zero attached hydrogens (tertiary/aromatic N) is 2. The molecule has 22 heavy (non-hydrogen) atoms. The Morgan fingerprint density at radius 1 is 1.27 bits per heavy atom. The van der Waals surface area contributed by atoms with Crippen LogP contribution in [0, 0.1) is 6.92 Å². The SMILES string of the molecule is COCCn1nc(C(N)c2cc(C)ccc2OC)ccc1=O. The summed E-state index contributed by atoms with van der Waals surface area (Å²) in [5.74, 6) is 0.703. The van der Waals surface area contributed by atoms with Gasteiger partial charge in [-0.05, 0) is 19.1 Å². The van der Waals surface area contributed by atoms with Gasteiger partial charge in [0.25, 0.3) is 5.56 Å². The lowest BCUT2D eigenvalue weighted by Gasteiger charge is -2.17. The van der Waals surface area contributed by atoms with Crippen LogP contribution in [0.2, 0.25) is 0 Å². The summed E-state index contributed by atoms with van der Waals surface area (Å²) in [5, 5.41) is 4.33. The Balaban J connectivity index is 2.39. The number of hydrogen-bond acceptors (Lipinski definition) is 5. The van der Waals surface area contributed by atoms with Crippen molar-refractivity contribution in [3.63, 3.8) is 0 Å². The van der Waals surface area contributed by atoms with Crippen LogP contribution in [0.1, 0.15) is 22.9 Å². The number of hydrogen-bond donors (Lipinski definition) is 1. The summed E-state index contributed by atoms with van der Waals surface area (Å²) in [6.07, 6.45) is 0. The van der Waals surface area contributed by atoms with Gasteiger partial charge in [-0.2, -0.15) is 5.10 Å². The van der Waals surface area contributed by atoms with Crippen molar-refractivity contribution >= 4 is 0 Å². The molecule has 0 amide bonds. The molecule has 118 valence electrons. The molecule has 6 heteroatoms. The topological polar surface area (TPSA) is 79.4 Å². The van der Waals surface area contributed by atoms with Crippen molar-refractivity contribution < 1.29 is 9.47 Å². The summed E-state index contributed by atoms with van der Waals surface area (Å²) < 4.78 is 11.7. The summed E-state index contributed by atoms with van der Waals surface area (Å²) in [7, 11) is 3.19. The summed E-state index contributed by atoms with van der Waals surface area (Å²) >= 11 is 0. The molecule has 0 saturated carbocycles. The normalized spacial score (nSPS) is 12.2. The van der Waals surface area contributed by atoms with Crippen molar-refractivity contribution in [3.8, 4) is 5.75 Å². The van der Waals surface area contributed by atoms with E-state index in [9.17, 15) is 4.79 Å². The largest absolute Gasteiger partial charge is 0.496 e. The number of aromatic nitrogens is 2. The van der Waals surface area contributed by atoms with E-state index in [0.717, 1.165) is 11.1 Å². The first kappa shape index (κ1) is 16.2. The highest BCUT2D eigenvalue weighted by Gasteiger charge is 2.16. The molecular weight excluding hydrogens is 282 g/mol. The standard InChI is InChI=1S/C16H21N3O3/c1-11-4-6-14(22-3)12(10-11)16(17)13-5-7-15(20)19(18-13)8-9-21-2/h4-7,10,16H,8-9,17H2,1-3H3. The lowest BCUT2D eigenvalue weighted by molar-refractivity contribution is 0.181. The first-order chi connectivity index (χ1) is 10.6. The molecule has 0 aliphatic heterocycles. The molecule has 2 N–H and O–H groups in total. The van der Waals surface area contributed by atoms with Gasteiger partial charge in [-0.25, -0.2) is 4.68 Å². The summed E-state index contributed by atoms with van der Waals surface area (Å²) in [6.45, 7) is 2.79. The Morgan fingerprint density at radius 2 is 2.05 bits per heavy atom. The van der Waals surface area contributed by atoms with Crippen molar-refractivity contribution in [2.45, 2.75) is 19.5 Å². The van der Waals surface area contributed by atoms with E-state index in [1.807, 2.05) is 25.1 Å². The number of ether oxygens (including phenoxy) is 2. The second kappa shape index (κ2) is 7.20. The first-order valence-electron chi connectivity index (χ1n) is 7.04. The second-order valence-electron chi connectivity index (χ2n) is 5.04. The minimum Gasteiger partial charge on any atom is -0.496 e. The van der Waals surface area contributed by atoms with E-state index >= 15 is 0 Å². The zero-order valence-electron chi connectivity index (χ0n) is 13.1. The Morgan fingerprint density at radius 3 is 2.73 bits per heavy atom. The molecule has 0 aliphatic carbocycles. The van der Waals surface area contributed by atoms with Gasteiger partial charge < -0.3 is 15.2 Å². The van der Waals surface area contributed by atoms with Crippen LogP contribution in [-0.2, 0) is 11.3 Å². The average molecular weight is 303 g/mol. The van der Waals surface area contributed by atoms with Gasteiger partial charge in [-0.1, -0.05) is 17.7 Å². The molecule has 0 aliphatic rings. The zero-order chi connectivity index (χ0) is 16.1. The maximum Gasteiger partial charge on any atom is 0.266 e. The van der Waals surface area contributed by atoms with Crippen LogP contribution in [0.15, 0.2) is 35.1 Å². The summed E-state index contributed by atoms with van der Waals surface area (Å²) in [6, 6.07) is 8.46. The molecule has 1 heterocycles. The summed E-state index contributed by atoms with van der Waals surface area (Å²) in [5.41, 5.74) is 8.68. The van der Waals surface area contributed by atoms with Crippen molar-refractivity contribution in [1.82, 2.24) is 9.78 Å². The lowest BCUT2D eigenvalue weighted by Crippen LogP contribution is -2.27. The van der Waals surface area contributed by atoms with Crippen LogP contribution in [0.5, 0.6) is 5.75 Å². The van der Waals surface area contributed by atoms with Gasteiger partial charge >= 0.3 is 0 Å². The molecule has 2 aromatic rings. The molecule has 0 spiro atoms. The molecular formula is C16H21N3O3. The predicted octanol–water partition coefficient (Wildman–Crippen LogP) is 1.25. The van der Waals surface area contributed by atoms with Crippen molar-refractivity contribution in [3.05, 3.63) is 57.5 Å². The maximum absolute atomic E-state index is 11.8. The highest BCUT2D eigenvalue weighted by molar-refractivity contribution is 5.42. The average Bonchev–Trinajstić information content (AvgIpc) is 2.53. The van der Waals surface area contributed by atoms with Gasteiger partial charge in [0.1, 0.15) is 5.75 Å². The Kier molecular flexibility index (Phi) is 5.30. The van der Waals surface area contributed by atoms with Gasteiger partial charge in [0.15, 0.2) is 0 Å². The van der Waals surface area contributed by atoms with Gasteiger partial charge in [-0.3, -0.25) is 4.79 Å². The van der Waals surface area contributed by atoms with Crippen LogP contribution in [-0.4, -0.2) is 30.6 Å². The third kappa shape index (κ3) is 3.52. The molecule has 0 saturated heterocycles. The molecule has 6 nitrogen and oxygen atoms in total. The van der Waals surface area contributed by atoms with E-state index in [1.54, 1.807) is 20.3 Å². The number of rotatable bonds is 6. The fraction of sp³-hybridized carbons (Fsp3) is 0.375. The maximum atomic E-state index is 11.8. The van der Waals surface area contributed by atoms with Gasteiger partial charge in [0.2, 0.25) is 0 Å². The molecule has 0 radical (unpaired) electrons. The summed E-state index contributed by atoms with van der Waals surface area (Å²) in [4.78, 5) is 11.8. The van der Waals surface area contributed by atoms with Gasteiger partial charge in [0, 0.05) is 18.7 Å². The minimum atomic E-state index is -0.468. The molecule has 0 fully saturated rings. The molecule has 1 unspecified atom stereocenters.